The van der Waals surface area contributed by atoms with E-state index in [1.54, 1.807) is 30.3 Å². The monoisotopic (exact) mass is 391 g/mol. The molecule has 2 N–H and O–H groups in total. The van der Waals surface area contributed by atoms with Gasteiger partial charge in [-0.25, -0.2) is 4.79 Å². The molecule has 0 spiro atoms. The Morgan fingerprint density at radius 2 is 1.88 bits per heavy atom. The average molecular weight is 392 g/mol. The molecular formula is C17H10ClNO4S2. The lowest BCUT2D eigenvalue weighted by Crippen LogP contribution is -2.19. The molecule has 2 heterocycles. The van der Waals surface area contributed by atoms with E-state index in [2.05, 4.69) is 4.98 Å². The van der Waals surface area contributed by atoms with E-state index in [1.165, 1.54) is 28.9 Å². The number of aromatic nitrogens is 1. The Kier molecular flexibility index (Phi) is 4.98. The number of carbonyl (C=O) groups excluding carboxylic acids is 1. The zero-order valence-electron chi connectivity index (χ0n) is 12.5. The molecule has 8 heteroatoms. The zero-order chi connectivity index (χ0) is 18.0. The molecule has 3 rings (SSSR count). The summed E-state index contributed by atoms with van der Waals surface area (Å²) in [6.07, 6.45) is 2.95. The van der Waals surface area contributed by atoms with Gasteiger partial charge in [-0.2, -0.15) is 0 Å². The number of nitrogens with one attached hydrogen (secondary N) is 1. The predicted octanol–water partition coefficient (Wildman–Crippen LogP) is 2.34. The van der Waals surface area contributed by atoms with Gasteiger partial charge in [-0.3, -0.25) is 9.59 Å². The van der Waals surface area contributed by atoms with Crippen molar-refractivity contribution in [3.8, 4) is 0 Å². The van der Waals surface area contributed by atoms with Crippen molar-refractivity contribution in [2.45, 2.75) is 0 Å². The molecule has 0 aliphatic carbocycles. The van der Waals surface area contributed by atoms with E-state index >= 15 is 0 Å². The lowest BCUT2D eigenvalue weighted by atomic mass is 10.1. The van der Waals surface area contributed by atoms with Crippen molar-refractivity contribution in [2.75, 3.05) is 0 Å². The van der Waals surface area contributed by atoms with E-state index in [9.17, 15) is 14.4 Å². The summed E-state index contributed by atoms with van der Waals surface area (Å²) < 4.78 is 0.820. The van der Waals surface area contributed by atoms with Crippen LogP contribution in [0.15, 0.2) is 40.5 Å². The number of aromatic amines is 1. The number of carboxylic acids is 1. The van der Waals surface area contributed by atoms with Gasteiger partial charge in [0.05, 0.1) is 14.8 Å². The smallest absolute Gasteiger partial charge is 0.336 e. The third-order valence-electron chi connectivity index (χ3n) is 3.21. The number of thiophene rings is 1. The summed E-state index contributed by atoms with van der Waals surface area (Å²) in [5.41, 5.74) is 0.313. The molecule has 0 fully saturated rings. The summed E-state index contributed by atoms with van der Waals surface area (Å²) in [4.78, 5) is 38.4. The summed E-state index contributed by atoms with van der Waals surface area (Å²) in [5, 5.41) is 11.0. The van der Waals surface area contributed by atoms with Crippen molar-refractivity contribution in [1.29, 1.82) is 0 Å². The number of benzene rings is 1. The van der Waals surface area contributed by atoms with Gasteiger partial charge in [0.1, 0.15) is 0 Å². The third-order valence-corrected chi connectivity index (χ3v) is 5.31. The number of aromatic carboxylic acids is 1. The molecule has 25 heavy (non-hydrogen) atoms. The lowest BCUT2D eigenvalue weighted by molar-refractivity contribution is 0.0697. The number of thiazole rings is 1. The van der Waals surface area contributed by atoms with Gasteiger partial charge in [-0.1, -0.05) is 11.6 Å². The highest BCUT2D eigenvalue weighted by molar-refractivity contribution is 7.11. The maximum atomic E-state index is 12.2. The molecule has 3 aromatic rings. The normalized spacial score (nSPS) is 12.5. The maximum absolute atomic E-state index is 12.2. The van der Waals surface area contributed by atoms with Gasteiger partial charge in [0.15, 0.2) is 5.78 Å². The highest BCUT2D eigenvalue weighted by Crippen LogP contribution is 2.15. The molecule has 126 valence electrons. The summed E-state index contributed by atoms with van der Waals surface area (Å²) in [5.74, 6) is -1.26. The van der Waals surface area contributed by atoms with Gasteiger partial charge in [0.2, 0.25) is 0 Å². The van der Waals surface area contributed by atoms with Crippen LogP contribution in [0.2, 0.25) is 5.02 Å². The standard InChI is InChI=1S/C17H10ClNO4S2/c18-11-3-1-9(2-4-11)13(20)7-15-19-16(21)14(25-15)6-12-5-10(8-24-12)17(22)23/h1-8H,(H,19,21)(H,22,23)/b14-6-,15-7-. The Morgan fingerprint density at radius 3 is 2.52 bits per heavy atom. The number of halogens is 1. The van der Waals surface area contributed by atoms with Crippen LogP contribution in [-0.2, 0) is 0 Å². The molecule has 5 nitrogen and oxygen atoms in total. The number of rotatable bonds is 4. The Hall–Kier alpha value is -2.48. The minimum atomic E-state index is -1.02. The number of carboxylic acid groups (broad SMARTS) is 1. The van der Waals surface area contributed by atoms with E-state index in [1.807, 2.05) is 0 Å². The first-order valence-corrected chi connectivity index (χ1v) is 9.04. The number of Topliss-reactive ketones (excluding diaryl/α,β-unsaturated/α-hetero) is 1. The van der Waals surface area contributed by atoms with Crippen LogP contribution in [0.5, 0.6) is 0 Å². The maximum Gasteiger partial charge on any atom is 0.336 e. The molecule has 0 saturated carbocycles. The van der Waals surface area contributed by atoms with Crippen molar-refractivity contribution in [3.05, 3.63) is 76.3 Å². The minimum Gasteiger partial charge on any atom is -0.478 e. The Bertz CT molecular complexity index is 1120. The molecule has 0 saturated heterocycles. The molecule has 0 aliphatic heterocycles. The fourth-order valence-corrected chi connectivity index (χ4v) is 3.90. The highest BCUT2D eigenvalue weighted by atomic mass is 35.5. The average Bonchev–Trinajstić information content (AvgIpc) is 3.16. The number of carbonyl (C=O) groups is 2. The van der Waals surface area contributed by atoms with Crippen molar-refractivity contribution in [1.82, 2.24) is 4.98 Å². The van der Waals surface area contributed by atoms with E-state index in [0.29, 0.717) is 24.7 Å². The van der Waals surface area contributed by atoms with Crippen molar-refractivity contribution < 1.29 is 14.7 Å². The van der Waals surface area contributed by atoms with Gasteiger partial charge in [-0.05, 0) is 36.4 Å². The van der Waals surface area contributed by atoms with Gasteiger partial charge in [0.25, 0.3) is 5.56 Å². The second-order valence-corrected chi connectivity index (χ2v) is 7.45. The van der Waals surface area contributed by atoms with Crippen LogP contribution in [0.3, 0.4) is 0 Å². The van der Waals surface area contributed by atoms with Crippen LogP contribution >= 0.6 is 34.3 Å². The molecule has 0 atom stereocenters. The van der Waals surface area contributed by atoms with Crippen LogP contribution in [0, 0.1) is 0 Å². The molecule has 0 amide bonds. The number of H-pyrrole nitrogens is 1. The Balaban J connectivity index is 1.95. The molecule has 0 unspecified atom stereocenters. The summed E-state index contributed by atoms with van der Waals surface area (Å²) in [7, 11) is 0. The first-order chi connectivity index (χ1) is 11.9. The zero-order valence-corrected chi connectivity index (χ0v) is 14.9. The minimum absolute atomic E-state index is 0.175. The third kappa shape index (κ3) is 4.14. The Labute approximate surface area is 154 Å². The fourth-order valence-electron chi connectivity index (χ4n) is 2.01. The predicted molar refractivity (Wildman–Crippen MR) is 99.3 cm³/mol. The summed E-state index contributed by atoms with van der Waals surface area (Å²) >= 11 is 8.15. The highest BCUT2D eigenvalue weighted by Gasteiger charge is 2.06. The van der Waals surface area contributed by atoms with Crippen LogP contribution in [-0.4, -0.2) is 21.8 Å². The second-order valence-electron chi connectivity index (χ2n) is 4.99. The largest absolute Gasteiger partial charge is 0.478 e. The van der Waals surface area contributed by atoms with E-state index in [-0.39, 0.29) is 16.9 Å². The molecule has 0 bridgehead atoms. The Morgan fingerprint density at radius 1 is 1.16 bits per heavy atom. The number of ketones is 1. The molecule has 0 aliphatic rings. The fraction of sp³-hybridized carbons (Fsp3) is 0. The molecule has 1 aromatic carbocycles. The molecule has 0 radical (unpaired) electrons. The van der Waals surface area contributed by atoms with Crippen molar-refractivity contribution >= 4 is 58.2 Å². The summed E-state index contributed by atoms with van der Waals surface area (Å²) in [6, 6.07) is 7.96. The topological polar surface area (TPSA) is 87.2 Å². The summed E-state index contributed by atoms with van der Waals surface area (Å²) in [6.45, 7) is 0. The van der Waals surface area contributed by atoms with E-state index in [4.69, 9.17) is 16.7 Å². The second kappa shape index (κ2) is 7.18. The van der Waals surface area contributed by atoms with E-state index < -0.39 is 5.97 Å². The van der Waals surface area contributed by atoms with Gasteiger partial charge in [-0.15, -0.1) is 22.7 Å². The first kappa shape index (κ1) is 17.3. The van der Waals surface area contributed by atoms with Crippen molar-refractivity contribution in [3.63, 3.8) is 0 Å². The van der Waals surface area contributed by atoms with Crippen molar-refractivity contribution in [2.24, 2.45) is 0 Å². The van der Waals surface area contributed by atoms with Crippen LogP contribution in [0.1, 0.15) is 25.6 Å². The van der Waals surface area contributed by atoms with E-state index in [0.717, 1.165) is 11.3 Å². The van der Waals surface area contributed by atoms with Crippen LogP contribution in [0.4, 0.5) is 0 Å². The van der Waals surface area contributed by atoms with Crippen LogP contribution in [0.25, 0.3) is 12.2 Å². The quantitative estimate of drug-likeness (QED) is 0.668. The number of hydrogen-bond donors (Lipinski definition) is 2. The van der Waals surface area contributed by atoms with Gasteiger partial charge < -0.3 is 10.1 Å². The molecule has 2 aromatic heterocycles. The van der Waals surface area contributed by atoms with Crippen LogP contribution < -0.4 is 14.8 Å². The SMILES string of the molecule is O=C(O)c1csc(/C=c2\s/c(=C\C(=O)c3ccc(Cl)cc3)[nH]c2=O)c1. The number of hydrogen-bond acceptors (Lipinski definition) is 5. The van der Waals surface area contributed by atoms with Gasteiger partial charge >= 0.3 is 5.97 Å². The molecular weight excluding hydrogens is 382 g/mol. The lowest BCUT2D eigenvalue weighted by Gasteiger charge is -1.94. The first-order valence-electron chi connectivity index (χ1n) is 6.97. The van der Waals surface area contributed by atoms with Gasteiger partial charge in [0, 0.05) is 26.9 Å².